The summed E-state index contributed by atoms with van der Waals surface area (Å²) in [6.45, 7) is 4.97. The highest BCUT2D eigenvalue weighted by atomic mass is 32.2. The molecular formula is C20H25F2N7OS. The van der Waals surface area contributed by atoms with Crippen LogP contribution in [0.3, 0.4) is 0 Å². The van der Waals surface area contributed by atoms with Crippen molar-refractivity contribution in [2.24, 2.45) is 11.8 Å². The number of alkyl halides is 2. The molecule has 1 aliphatic rings. The predicted molar refractivity (Wildman–Crippen MR) is 115 cm³/mol. The summed E-state index contributed by atoms with van der Waals surface area (Å²) in [6.07, 6.45) is 2.71. The van der Waals surface area contributed by atoms with Gasteiger partial charge in [0.15, 0.2) is 5.65 Å². The molecule has 0 radical (unpaired) electrons. The number of piperidine rings is 1. The lowest BCUT2D eigenvalue weighted by atomic mass is 9.86. The molecule has 1 N–H and O–H groups in total. The number of nitrogens with zero attached hydrogens (tertiary/aromatic N) is 6. The van der Waals surface area contributed by atoms with Gasteiger partial charge in [0.2, 0.25) is 0 Å². The Labute approximate surface area is 179 Å². The Kier molecular flexibility index (Phi) is 5.63. The highest BCUT2D eigenvalue weighted by Crippen LogP contribution is 2.33. The zero-order valence-corrected chi connectivity index (χ0v) is 18.4. The lowest BCUT2D eigenvalue weighted by molar-refractivity contribution is 0.144. The summed E-state index contributed by atoms with van der Waals surface area (Å²) < 4.78 is 47.6. The standard InChI is InChI=1S/C20H25F2N7OS/c1-12-6-14(10-31(3,23)30)13(2)28(9-12)19-7-16(25-11-26-19)17-8-24-18-5-4-15(20(21)22)27-29(17)18/h4-5,7-8,11-14,20,23H,6,9-10H2,1-3H3/t12-,13+,14-,31?/m1/s1. The Bertz CT molecular complexity index is 1200. The zero-order chi connectivity index (χ0) is 22.3. The number of imidazole rings is 1. The lowest BCUT2D eigenvalue weighted by Crippen LogP contribution is -2.49. The highest BCUT2D eigenvalue weighted by molar-refractivity contribution is 7.91. The summed E-state index contributed by atoms with van der Waals surface area (Å²) in [6, 6.07) is 4.62. The number of anilines is 1. The molecule has 1 saturated heterocycles. The zero-order valence-electron chi connectivity index (χ0n) is 17.6. The second-order valence-electron chi connectivity index (χ2n) is 8.40. The van der Waals surface area contributed by atoms with Crippen LogP contribution in [-0.2, 0) is 9.73 Å². The molecule has 0 bridgehead atoms. The maximum atomic E-state index is 13.1. The van der Waals surface area contributed by atoms with E-state index in [4.69, 9.17) is 4.78 Å². The first-order valence-corrected chi connectivity index (χ1v) is 12.2. The Balaban J connectivity index is 1.70. The molecule has 8 nitrogen and oxygen atoms in total. The SMILES string of the molecule is C[C@@H]1C[C@H](CS(C)(=N)=O)[C@H](C)N(c2cc(-c3cnc4ccc(C(F)F)nn34)ncn2)C1. The molecule has 0 aliphatic carbocycles. The Morgan fingerprint density at radius 2 is 2.03 bits per heavy atom. The first kappa shape index (κ1) is 21.5. The van der Waals surface area contributed by atoms with Crippen LogP contribution < -0.4 is 4.90 Å². The second kappa shape index (κ2) is 8.10. The van der Waals surface area contributed by atoms with E-state index >= 15 is 0 Å². The largest absolute Gasteiger partial charge is 0.353 e. The third-order valence-electron chi connectivity index (χ3n) is 5.74. The maximum Gasteiger partial charge on any atom is 0.282 e. The van der Waals surface area contributed by atoms with Crippen molar-refractivity contribution in [3.05, 3.63) is 36.4 Å². The van der Waals surface area contributed by atoms with Crippen molar-refractivity contribution in [1.29, 1.82) is 4.78 Å². The van der Waals surface area contributed by atoms with Crippen molar-refractivity contribution in [1.82, 2.24) is 24.6 Å². The minimum absolute atomic E-state index is 0.0517. The molecule has 1 aliphatic heterocycles. The van der Waals surface area contributed by atoms with E-state index < -0.39 is 16.2 Å². The van der Waals surface area contributed by atoms with Gasteiger partial charge in [0, 0.05) is 40.4 Å². The van der Waals surface area contributed by atoms with Crippen molar-refractivity contribution in [2.75, 3.05) is 23.5 Å². The molecular weight excluding hydrogens is 424 g/mol. The van der Waals surface area contributed by atoms with E-state index in [9.17, 15) is 13.0 Å². The van der Waals surface area contributed by atoms with E-state index in [-0.39, 0.29) is 17.7 Å². The van der Waals surface area contributed by atoms with Crippen molar-refractivity contribution < 1.29 is 13.0 Å². The normalized spacial score (nSPS) is 23.9. The van der Waals surface area contributed by atoms with Crippen LogP contribution in [0.25, 0.3) is 17.0 Å². The fourth-order valence-corrected chi connectivity index (χ4v) is 5.52. The van der Waals surface area contributed by atoms with Crippen molar-refractivity contribution >= 4 is 21.2 Å². The maximum absolute atomic E-state index is 13.1. The third-order valence-corrected chi connectivity index (χ3v) is 6.80. The first-order chi connectivity index (χ1) is 14.6. The van der Waals surface area contributed by atoms with E-state index in [1.165, 1.54) is 29.2 Å². The van der Waals surface area contributed by atoms with E-state index in [0.717, 1.165) is 13.0 Å². The van der Waals surface area contributed by atoms with Crippen LogP contribution in [-0.4, -0.2) is 53.4 Å². The summed E-state index contributed by atoms with van der Waals surface area (Å²) in [5, 5.41) is 4.01. The minimum atomic E-state index is -2.68. The van der Waals surface area contributed by atoms with Gasteiger partial charge in [-0.05, 0) is 37.3 Å². The topological polar surface area (TPSA) is 100 Å². The summed E-state index contributed by atoms with van der Waals surface area (Å²) >= 11 is 0. The van der Waals surface area contributed by atoms with Gasteiger partial charge in [-0.1, -0.05) is 6.92 Å². The molecule has 166 valence electrons. The van der Waals surface area contributed by atoms with Gasteiger partial charge in [-0.25, -0.2) is 28.2 Å². The second-order valence-corrected chi connectivity index (χ2v) is 10.7. The lowest BCUT2D eigenvalue weighted by Gasteiger charge is -2.43. The minimum Gasteiger partial charge on any atom is -0.353 e. The van der Waals surface area contributed by atoms with E-state index in [2.05, 4.69) is 38.8 Å². The Morgan fingerprint density at radius 1 is 1.26 bits per heavy atom. The van der Waals surface area contributed by atoms with Crippen LogP contribution in [0.2, 0.25) is 0 Å². The van der Waals surface area contributed by atoms with Gasteiger partial charge in [0.25, 0.3) is 6.43 Å². The van der Waals surface area contributed by atoms with Gasteiger partial charge in [0.05, 0.1) is 11.9 Å². The quantitative estimate of drug-likeness (QED) is 0.638. The summed E-state index contributed by atoms with van der Waals surface area (Å²) in [7, 11) is -2.61. The molecule has 0 spiro atoms. The molecule has 3 aromatic rings. The van der Waals surface area contributed by atoms with Crippen LogP contribution in [0, 0.1) is 16.6 Å². The van der Waals surface area contributed by atoms with E-state index in [1.54, 1.807) is 12.3 Å². The molecule has 0 aromatic carbocycles. The van der Waals surface area contributed by atoms with Gasteiger partial charge >= 0.3 is 0 Å². The number of aromatic nitrogens is 5. The number of nitrogens with one attached hydrogen (secondary N) is 1. The van der Waals surface area contributed by atoms with Crippen LogP contribution in [0.15, 0.2) is 30.7 Å². The average Bonchev–Trinajstić information content (AvgIpc) is 3.12. The molecule has 1 fully saturated rings. The van der Waals surface area contributed by atoms with Crippen molar-refractivity contribution in [3.63, 3.8) is 0 Å². The first-order valence-electron chi connectivity index (χ1n) is 10.1. The monoisotopic (exact) mass is 449 g/mol. The van der Waals surface area contributed by atoms with Gasteiger partial charge < -0.3 is 4.90 Å². The predicted octanol–water partition coefficient (Wildman–Crippen LogP) is 3.65. The number of halogens is 2. The molecule has 3 aromatic heterocycles. The molecule has 1 unspecified atom stereocenters. The van der Waals surface area contributed by atoms with Gasteiger partial charge in [-0.2, -0.15) is 5.10 Å². The molecule has 4 rings (SSSR count). The molecule has 4 atom stereocenters. The van der Waals surface area contributed by atoms with Gasteiger partial charge in [-0.3, -0.25) is 8.99 Å². The fraction of sp³-hybridized carbons (Fsp3) is 0.500. The van der Waals surface area contributed by atoms with E-state index in [0.29, 0.717) is 34.5 Å². The number of rotatable bonds is 5. The molecule has 0 saturated carbocycles. The Hall–Kier alpha value is -2.69. The molecule has 0 amide bonds. The van der Waals surface area contributed by atoms with Crippen LogP contribution in [0.4, 0.5) is 14.6 Å². The average molecular weight is 450 g/mol. The fourth-order valence-electron chi connectivity index (χ4n) is 4.29. The smallest absolute Gasteiger partial charge is 0.282 e. The van der Waals surface area contributed by atoms with Gasteiger partial charge in [0.1, 0.15) is 23.5 Å². The summed E-state index contributed by atoms with van der Waals surface area (Å²) in [4.78, 5) is 15.2. The summed E-state index contributed by atoms with van der Waals surface area (Å²) in [5.74, 6) is 1.51. The Morgan fingerprint density at radius 3 is 2.74 bits per heavy atom. The van der Waals surface area contributed by atoms with E-state index in [1.807, 2.05) is 0 Å². The van der Waals surface area contributed by atoms with Crippen molar-refractivity contribution in [3.8, 4) is 11.4 Å². The van der Waals surface area contributed by atoms with Crippen LogP contribution in [0.1, 0.15) is 32.4 Å². The van der Waals surface area contributed by atoms with Gasteiger partial charge in [-0.15, -0.1) is 0 Å². The summed E-state index contributed by atoms with van der Waals surface area (Å²) in [5.41, 5.74) is 1.14. The van der Waals surface area contributed by atoms with Crippen LogP contribution in [0.5, 0.6) is 0 Å². The highest BCUT2D eigenvalue weighted by Gasteiger charge is 2.34. The molecule has 31 heavy (non-hydrogen) atoms. The number of fused-ring (bicyclic) bond motifs is 1. The third kappa shape index (κ3) is 4.51. The number of hydrogen-bond acceptors (Lipinski definition) is 7. The molecule has 11 heteroatoms. The van der Waals surface area contributed by atoms with Crippen LogP contribution >= 0.6 is 0 Å². The number of hydrogen-bond donors (Lipinski definition) is 1. The van der Waals surface area contributed by atoms with Crippen molar-refractivity contribution in [2.45, 2.75) is 32.7 Å². The molecule has 4 heterocycles.